The average Bonchev–Trinajstić information content (AvgIpc) is 3.29. The molecule has 4 fully saturated rings. The lowest BCUT2D eigenvalue weighted by molar-refractivity contribution is -0.126. The summed E-state index contributed by atoms with van der Waals surface area (Å²) in [4.78, 5) is 0. The second-order valence-electron chi connectivity index (χ2n) is 14.8. The van der Waals surface area contributed by atoms with Crippen molar-refractivity contribution in [1.82, 2.24) is 0 Å². The van der Waals surface area contributed by atoms with E-state index in [1.807, 2.05) is 6.07 Å². The molecule has 2 heteroatoms. The van der Waals surface area contributed by atoms with Crippen LogP contribution in [0.1, 0.15) is 130 Å². The van der Waals surface area contributed by atoms with E-state index in [0.717, 1.165) is 64.8 Å². The van der Waals surface area contributed by atoms with Crippen molar-refractivity contribution in [2.45, 2.75) is 124 Å². The molecule has 1 aromatic carbocycles. The first-order chi connectivity index (χ1) is 18.2. The van der Waals surface area contributed by atoms with Crippen LogP contribution in [0.15, 0.2) is 24.8 Å². The Morgan fingerprint density at radius 2 is 1.71 bits per heavy atom. The van der Waals surface area contributed by atoms with Gasteiger partial charge in [-0.25, -0.2) is 0 Å². The molecule has 4 N–H and O–H groups in total. The second kappa shape index (κ2) is 11.2. The number of benzene rings is 1. The third kappa shape index (κ3) is 4.96. The average molecular weight is 519 g/mol. The predicted octanol–water partition coefficient (Wildman–Crippen LogP) is 10.1. The van der Waals surface area contributed by atoms with Gasteiger partial charge in [0, 0.05) is 11.4 Å². The second-order valence-corrected chi connectivity index (χ2v) is 14.8. The molecule has 0 saturated heterocycles. The monoisotopic (exact) mass is 518 g/mol. The van der Waals surface area contributed by atoms with Gasteiger partial charge in [0.1, 0.15) is 0 Å². The summed E-state index contributed by atoms with van der Waals surface area (Å²) in [6, 6.07) is 5.95. The van der Waals surface area contributed by atoms with Crippen LogP contribution in [-0.2, 0) is 0 Å². The first kappa shape index (κ1) is 28.1. The molecule has 9 atom stereocenters. The van der Waals surface area contributed by atoms with Crippen molar-refractivity contribution in [3.05, 3.63) is 30.3 Å². The molecular weight excluding hydrogens is 460 g/mol. The van der Waals surface area contributed by atoms with Crippen molar-refractivity contribution in [3.8, 4) is 0 Å². The molecule has 2 nitrogen and oxygen atoms in total. The minimum absolute atomic E-state index is 0.563. The Morgan fingerprint density at radius 1 is 0.947 bits per heavy atom. The number of hydrogen-bond donors (Lipinski definition) is 2. The summed E-state index contributed by atoms with van der Waals surface area (Å²) in [5, 5.41) is 0. The lowest BCUT2D eigenvalue weighted by Gasteiger charge is -2.62. The van der Waals surface area contributed by atoms with Gasteiger partial charge < -0.3 is 11.5 Å². The topological polar surface area (TPSA) is 52.0 Å². The van der Waals surface area contributed by atoms with Gasteiger partial charge in [-0.2, -0.15) is 0 Å². The number of unbranched alkanes of at least 4 members (excludes halogenated alkanes) is 2. The first-order valence-corrected chi connectivity index (χ1v) is 16.6. The van der Waals surface area contributed by atoms with Crippen molar-refractivity contribution in [1.29, 1.82) is 0 Å². The molecule has 4 saturated carbocycles. The fourth-order valence-electron chi connectivity index (χ4n) is 11.2. The summed E-state index contributed by atoms with van der Waals surface area (Å²) in [6.07, 6.45) is 21.5. The zero-order valence-corrected chi connectivity index (χ0v) is 25.2. The van der Waals surface area contributed by atoms with Crippen LogP contribution in [0.5, 0.6) is 0 Å². The first-order valence-electron chi connectivity index (χ1n) is 16.6. The molecule has 1 aromatic rings. The highest BCUT2D eigenvalue weighted by Crippen LogP contribution is 2.69. The van der Waals surface area contributed by atoms with Crippen molar-refractivity contribution in [2.75, 3.05) is 11.5 Å². The number of allylic oxidation sites excluding steroid dienone is 1. The lowest BCUT2D eigenvalue weighted by Crippen LogP contribution is -2.54. The fourth-order valence-corrected chi connectivity index (χ4v) is 11.2. The summed E-state index contributed by atoms with van der Waals surface area (Å²) < 4.78 is 0. The molecule has 212 valence electrons. The van der Waals surface area contributed by atoms with E-state index in [1.54, 1.807) is 0 Å². The highest BCUT2D eigenvalue weighted by Gasteiger charge is 2.61. The standard InChI is InChI=1S/C36H58N2/c1-6-8-9-10-24(3)32-13-14-34-31-12-11-28-20-26(19-25(4)27-21-29(37)23-30(38)22-27)15-17-35(28,5)33(31)16-18-36(32,34)7-2/h21-24,26,28,31-34H,4,6-20,37-38H2,1-3,5H3. The number of rotatable bonds is 9. The Hall–Kier alpha value is -1.44. The summed E-state index contributed by atoms with van der Waals surface area (Å²) in [7, 11) is 0. The molecule has 4 aliphatic rings. The quantitative estimate of drug-likeness (QED) is 0.252. The molecule has 0 amide bonds. The van der Waals surface area contributed by atoms with E-state index in [9.17, 15) is 0 Å². The van der Waals surface area contributed by atoms with Crippen LogP contribution in [0.25, 0.3) is 5.57 Å². The van der Waals surface area contributed by atoms with Crippen LogP contribution in [0, 0.1) is 52.3 Å². The Kier molecular flexibility index (Phi) is 8.29. The van der Waals surface area contributed by atoms with E-state index in [0.29, 0.717) is 10.8 Å². The van der Waals surface area contributed by atoms with Crippen LogP contribution in [-0.4, -0.2) is 0 Å². The molecule has 0 radical (unpaired) electrons. The van der Waals surface area contributed by atoms with E-state index >= 15 is 0 Å². The molecule has 9 unspecified atom stereocenters. The van der Waals surface area contributed by atoms with Crippen molar-refractivity contribution in [2.24, 2.45) is 52.3 Å². The van der Waals surface area contributed by atoms with Crippen molar-refractivity contribution in [3.63, 3.8) is 0 Å². The number of anilines is 2. The third-order valence-electron chi connectivity index (χ3n) is 13.1. The van der Waals surface area contributed by atoms with E-state index in [1.165, 1.54) is 95.5 Å². The van der Waals surface area contributed by atoms with E-state index in [-0.39, 0.29) is 0 Å². The van der Waals surface area contributed by atoms with Crippen LogP contribution in [0.2, 0.25) is 0 Å². The molecule has 0 aromatic heterocycles. The minimum Gasteiger partial charge on any atom is -0.399 e. The van der Waals surface area contributed by atoms with Gasteiger partial charge in [0.2, 0.25) is 0 Å². The van der Waals surface area contributed by atoms with Gasteiger partial charge in [0.15, 0.2) is 0 Å². The molecule has 0 heterocycles. The highest BCUT2D eigenvalue weighted by atomic mass is 14.7. The maximum absolute atomic E-state index is 6.08. The maximum Gasteiger partial charge on any atom is 0.0340 e. The fraction of sp³-hybridized carbons (Fsp3) is 0.778. The van der Waals surface area contributed by atoms with Gasteiger partial charge >= 0.3 is 0 Å². The number of nitrogen functional groups attached to an aromatic ring is 2. The van der Waals surface area contributed by atoms with Gasteiger partial charge in [-0.1, -0.05) is 60.0 Å². The minimum atomic E-state index is 0.563. The lowest BCUT2D eigenvalue weighted by atomic mass is 9.43. The van der Waals surface area contributed by atoms with Gasteiger partial charge in [-0.15, -0.1) is 0 Å². The summed E-state index contributed by atoms with van der Waals surface area (Å²) in [5.74, 6) is 6.56. The predicted molar refractivity (Wildman–Crippen MR) is 166 cm³/mol. The smallest absolute Gasteiger partial charge is 0.0340 e. The summed E-state index contributed by atoms with van der Waals surface area (Å²) in [5.41, 5.74) is 17.3. The largest absolute Gasteiger partial charge is 0.399 e. The Morgan fingerprint density at radius 3 is 2.42 bits per heavy atom. The molecular formula is C36H58N2. The molecule has 5 rings (SSSR count). The molecule has 0 bridgehead atoms. The zero-order valence-electron chi connectivity index (χ0n) is 25.2. The third-order valence-corrected chi connectivity index (χ3v) is 13.1. The molecule has 0 aliphatic heterocycles. The SMILES string of the molecule is C=C(CC1CCC2(C)C(CCC3C2CCC2(CC)C(C(C)CCCCC)CCC32)C1)c1cc(N)cc(N)c1. The summed E-state index contributed by atoms with van der Waals surface area (Å²) >= 11 is 0. The molecule has 4 aliphatic carbocycles. The van der Waals surface area contributed by atoms with Crippen molar-refractivity contribution >= 4 is 16.9 Å². The van der Waals surface area contributed by atoms with Gasteiger partial charge in [-0.05, 0) is 152 Å². The van der Waals surface area contributed by atoms with Crippen molar-refractivity contribution < 1.29 is 0 Å². The van der Waals surface area contributed by atoms with Crippen LogP contribution in [0.3, 0.4) is 0 Å². The van der Waals surface area contributed by atoms with Crippen LogP contribution < -0.4 is 11.5 Å². The zero-order chi connectivity index (χ0) is 27.1. The molecule has 38 heavy (non-hydrogen) atoms. The van der Waals surface area contributed by atoms with E-state index < -0.39 is 0 Å². The normalized spacial score (nSPS) is 39.2. The Bertz CT molecular complexity index is 961. The van der Waals surface area contributed by atoms with Crippen LogP contribution >= 0.6 is 0 Å². The highest BCUT2D eigenvalue weighted by molar-refractivity contribution is 5.70. The van der Waals surface area contributed by atoms with Crippen LogP contribution in [0.4, 0.5) is 11.4 Å². The van der Waals surface area contributed by atoms with E-state index in [4.69, 9.17) is 11.5 Å². The van der Waals surface area contributed by atoms with Gasteiger partial charge in [0.05, 0.1) is 0 Å². The van der Waals surface area contributed by atoms with Gasteiger partial charge in [0.25, 0.3) is 0 Å². The van der Waals surface area contributed by atoms with Gasteiger partial charge in [-0.3, -0.25) is 0 Å². The molecule has 0 spiro atoms. The maximum atomic E-state index is 6.08. The number of hydrogen-bond acceptors (Lipinski definition) is 2. The Balaban J connectivity index is 1.25. The Labute approximate surface area is 234 Å². The summed E-state index contributed by atoms with van der Waals surface area (Å²) in [6.45, 7) is 14.7. The number of fused-ring (bicyclic) bond motifs is 5. The van der Waals surface area contributed by atoms with E-state index in [2.05, 4.69) is 46.4 Å². The number of nitrogens with two attached hydrogens (primary N) is 2.